The number of nitrogens with zero attached hydrogens (tertiary/aromatic N) is 3. The van der Waals surface area contributed by atoms with Gasteiger partial charge in [-0.3, -0.25) is 0 Å². The van der Waals surface area contributed by atoms with Crippen molar-refractivity contribution in [2.45, 2.75) is 24.7 Å². The van der Waals surface area contributed by atoms with E-state index in [4.69, 9.17) is 14.5 Å². The number of para-hydroxylation sites is 1. The van der Waals surface area contributed by atoms with E-state index in [0.29, 0.717) is 18.3 Å². The predicted molar refractivity (Wildman–Crippen MR) is 69.1 cm³/mol. The molecule has 4 rings (SSSR count). The second-order valence-corrected chi connectivity index (χ2v) is 5.39. The lowest BCUT2D eigenvalue weighted by Crippen LogP contribution is -2.20. The first-order chi connectivity index (χ1) is 9.85. The van der Waals surface area contributed by atoms with Gasteiger partial charge < -0.3 is 9.26 Å². The summed E-state index contributed by atoms with van der Waals surface area (Å²) < 4.78 is 11.0. The highest BCUT2D eigenvalue weighted by molar-refractivity contribution is 5.36. The maximum absolute atomic E-state index is 8.84. The van der Waals surface area contributed by atoms with E-state index in [-0.39, 0.29) is 17.8 Å². The third-order valence-corrected chi connectivity index (χ3v) is 3.97. The summed E-state index contributed by atoms with van der Waals surface area (Å²) in [6.07, 6.45) is 1.70. The van der Waals surface area contributed by atoms with Crippen LogP contribution in [0.25, 0.3) is 0 Å². The van der Waals surface area contributed by atoms with Crippen LogP contribution in [0, 0.1) is 17.2 Å². The molecule has 3 unspecified atom stereocenters. The van der Waals surface area contributed by atoms with Crippen LogP contribution in [0.1, 0.15) is 35.5 Å². The molecule has 3 atom stereocenters. The molecule has 1 saturated carbocycles. The Morgan fingerprint density at radius 2 is 2.20 bits per heavy atom. The summed E-state index contributed by atoms with van der Waals surface area (Å²) in [7, 11) is 0. The molecule has 0 amide bonds. The molecule has 0 spiro atoms. The van der Waals surface area contributed by atoms with Crippen molar-refractivity contribution in [3.05, 3.63) is 41.5 Å². The van der Waals surface area contributed by atoms with Crippen LogP contribution in [0.15, 0.2) is 28.8 Å². The molecule has 2 aliphatic rings. The Hall–Kier alpha value is -2.35. The van der Waals surface area contributed by atoms with Crippen LogP contribution in [0.2, 0.25) is 0 Å². The Bertz CT molecular complexity index is 688. The molecule has 20 heavy (non-hydrogen) atoms. The molecule has 0 saturated heterocycles. The highest BCUT2D eigenvalue weighted by Gasteiger charge is 2.43. The van der Waals surface area contributed by atoms with E-state index in [0.717, 1.165) is 18.6 Å². The Morgan fingerprint density at radius 3 is 3.05 bits per heavy atom. The third-order valence-electron chi connectivity index (χ3n) is 3.97. The Balaban J connectivity index is 1.54. The zero-order chi connectivity index (χ0) is 13.5. The molecule has 1 fully saturated rings. The quantitative estimate of drug-likeness (QED) is 0.835. The first-order valence-corrected chi connectivity index (χ1v) is 6.79. The Kier molecular flexibility index (Phi) is 2.49. The van der Waals surface area contributed by atoms with Crippen LogP contribution in [0.4, 0.5) is 0 Å². The third kappa shape index (κ3) is 1.85. The lowest BCUT2D eigenvalue weighted by Gasteiger charge is -2.22. The highest BCUT2D eigenvalue weighted by Crippen LogP contribution is 2.46. The van der Waals surface area contributed by atoms with E-state index in [9.17, 15) is 0 Å². The molecule has 5 heteroatoms. The lowest BCUT2D eigenvalue weighted by atomic mass is 9.96. The van der Waals surface area contributed by atoms with Gasteiger partial charge in [-0.05, 0) is 24.5 Å². The Morgan fingerprint density at radius 1 is 1.30 bits per heavy atom. The normalized spacial score (nSPS) is 27.2. The average Bonchev–Trinajstić information content (AvgIpc) is 3.14. The largest absolute Gasteiger partial charge is 0.493 e. The first-order valence-electron chi connectivity index (χ1n) is 6.79. The highest BCUT2D eigenvalue weighted by atomic mass is 16.5. The van der Waals surface area contributed by atoms with Crippen molar-refractivity contribution in [3.63, 3.8) is 0 Å². The van der Waals surface area contributed by atoms with Gasteiger partial charge in [-0.15, -0.1) is 0 Å². The first kappa shape index (κ1) is 11.5. The van der Waals surface area contributed by atoms with Crippen molar-refractivity contribution < 1.29 is 9.26 Å². The molecule has 100 valence electrons. The topological polar surface area (TPSA) is 71.9 Å². The lowest BCUT2D eigenvalue weighted by molar-refractivity contribution is 0.253. The minimum absolute atomic E-state index is 0.0478. The van der Waals surface area contributed by atoms with Gasteiger partial charge in [-0.25, -0.2) is 0 Å². The number of hydrogen-bond donors (Lipinski definition) is 0. The van der Waals surface area contributed by atoms with Crippen LogP contribution in [-0.2, 0) is 6.42 Å². The summed E-state index contributed by atoms with van der Waals surface area (Å²) >= 11 is 0. The molecule has 0 N–H and O–H groups in total. The molecule has 0 bridgehead atoms. The van der Waals surface area contributed by atoms with Gasteiger partial charge >= 0.3 is 0 Å². The van der Waals surface area contributed by atoms with Crippen molar-refractivity contribution in [2.24, 2.45) is 5.92 Å². The number of nitriles is 1. The van der Waals surface area contributed by atoms with Gasteiger partial charge in [0.15, 0.2) is 5.82 Å². The van der Waals surface area contributed by atoms with Gasteiger partial charge in [-0.1, -0.05) is 23.4 Å². The number of hydrogen-bond acceptors (Lipinski definition) is 5. The summed E-state index contributed by atoms with van der Waals surface area (Å²) in [5, 5.41) is 12.9. The summed E-state index contributed by atoms with van der Waals surface area (Å²) in [4.78, 5) is 4.46. The van der Waals surface area contributed by atoms with Crippen molar-refractivity contribution in [1.82, 2.24) is 10.1 Å². The second-order valence-electron chi connectivity index (χ2n) is 5.39. The zero-order valence-electron chi connectivity index (χ0n) is 10.8. The minimum Gasteiger partial charge on any atom is -0.493 e. The van der Waals surface area contributed by atoms with Crippen LogP contribution < -0.4 is 4.74 Å². The molecule has 1 aromatic heterocycles. The molecule has 1 aliphatic heterocycles. The monoisotopic (exact) mass is 267 g/mol. The van der Waals surface area contributed by atoms with E-state index in [2.05, 4.69) is 22.3 Å². The maximum Gasteiger partial charge on any atom is 0.231 e. The predicted octanol–water partition coefficient (Wildman–Crippen LogP) is 2.42. The molecule has 1 aromatic carbocycles. The maximum atomic E-state index is 8.84. The van der Waals surface area contributed by atoms with Gasteiger partial charge in [0.25, 0.3) is 0 Å². The van der Waals surface area contributed by atoms with E-state index in [1.165, 1.54) is 5.56 Å². The standard InChI is InChI=1S/C15H13N3O2/c16-7-10-6-12(10)15-17-14(18-20-15)11-5-9-3-1-2-4-13(9)19-8-11/h1-4,10-12H,5-6,8H2. The van der Waals surface area contributed by atoms with Gasteiger partial charge in [0.2, 0.25) is 5.89 Å². The SMILES string of the molecule is N#CC1CC1c1nc(C2COc3ccccc3C2)no1. The van der Waals surface area contributed by atoms with Crippen LogP contribution in [-0.4, -0.2) is 16.7 Å². The zero-order valence-corrected chi connectivity index (χ0v) is 10.8. The van der Waals surface area contributed by atoms with E-state index < -0.39 is 0 Å². The molecule has 2 heterocycles. The van der Waals surface area contributed by atoms with Crippen LogP contribution >= 0.6 is 0 Å². The smallest absolute Gasteiger partial charge is 0.231 e. The summed E-state index contributed by atoms with van der Waals surface area (Å²) in [5.41, 5.74) is 1.18. The molecule has 5 nitrogen and oxygen atoms in total. The molecule has 1 aliphatic carbocycles. The van der Waals surface area contributed by atoms with Crippen LogP contribution in [0.3, 0.4) is 0 Å². The van der Waals surface area contributed by atoms with Crippen molar-refractivity contribution in [3.8, 4) is 11.8 Å². The van der Waals surface area contributed by atoms with Crippen LogP contribution in [0.5, 0.6) is 5.75 Å². The number of fused-ring (bicyclic) bond motifs is 1. The molecular weight excluding hydrogens is 254 g/mol. The van der Waals surface area contributed by atoms with E-state index in [1.807, 2.05) is 18.2 Å². The number of aromatic nitrogens is 2. The van der Waals surface area contributed by atoms with Gasteiger partial charge in [-0.2, -0.15) is 10.2 Å². The van der Waals surface area contributed by atoms with E-state index >= 15 is 0 Å². The number of ether oxygens (including phenoxy) is 1. The minimum atomic E-state index is 0.0478. The Labute approximate surface area is 116 Å². The fourth-order valence-electron chi connectivity index (χ4n) is 2.67. The fourth-order valence-corrected chi connectivity index (χ4v) is 2.67. The summed E-state index contributed by atoms with van der Waals surface area (Å²) in [5.74, 6) is 2.55. The molecule has 2 aromatic rings. The van der Waals surface area contributed by atoms with Gasteiger partial charge in [0.1, 0.15) is 5.75 Å². The fraction of sp³-hybridized carbons (Fsp3) is 0.400. The van der Waals surface area contributed by atoms with Crippen molar-refractivity contribution in [1.29, 1.82) is 5.26 Å². The van der Waals surface area contributed by atoms with Crippen molar-refractivity contribution in [2.75, 3.05) is 6.61 Å². The van der Waals surface area contributed by atoms with Crippen molar-refractivity contribution >= 4 is 0 Å². The van der Waals surface area contributed by atoms with Gasteiger partial charge in [0, 0.05) is 0 Å². The number of benzene rings is 1. The molecular formula is C15H13N3O2. The number of rotatable bonds is 2. The summed E-state index contributed by atoms with van der Waals surface area (Å²) in [6.45, 7) is 0.572. The van der Waals surface area contributed by atoms with Gasteiger partial charge in [0.05, 0.1) is 30.4 Å². The molecule has 0 radical (unpaired) electrons. The second kappa shape index (κ2) is 4.34. The summed E-state index contributed by atoms with van der Waals surface area (Å²) in [6, 6.07) is 10.3. The van der Waals surface area contributed by atoms with E-state index in [1.54, 1.807) is 0 Å². The average molecular weight is 267 g/mol.